The molecule has 0 spiro atoms. The molecule has 1 aliphatic carbocycles. The molecule has 0 bridgehead atoms. The van der Waals surface area contributed by atoms with Gasteiger partial charge in [0.15, 0.2) is 0 Å². The molecule has 0 aromatic carbocycles. The van der Waals surface area contributed by atoms with Crippen LogP contribution in [-0.2, 0) is 17.9 Å². The van der Waals surface area contributed by atoms with Crippen LogP contribution >= 0.6 is 0 Å². The SMILES string of the molecule is CCn1ncnc1CNCC1CCCC1C(=O)O. The molecule has 0 saturated heterocycles. The van der Waals surface area contributed by atoms with Gasteiger partial charge < -0.3 is 10.4 Å². The fourth-order valence-corrected chi connectivity index (χ4v) is 2.66. The molecule has 2 N–H and O–H groups in total. The fourth-order valence-electron chi connectivity index (χ4n) is 2.66. The van der Waals surface area contributed by atoms with Crippen molar-refractivity contribution in [3.63, 3.8) is 0 Å². The highest BCUT2D eigenvalue weighted by molar-refractivity contribution is 5.70. The number of aromatic nitrogens is 3. The molecule has 0 aliphatic heterocycles. The van der Waals surface area contributed by atoms with Gasteiger partial charge in [0.25, 0.3) is 0 Å². The Morgan fingerprint density at radius 1 is 1.61 bits per heavy atom. The van der Waals surface area contributed by atoms with Crippen molar-refractivity contribution in [3.05, 3.63) is 12.2 Å². The van der Waals surface area contributed by atoms with Crippen molar-refractivity contribution in [2.45, 2.75) is 39.3 Å². The van der Waals surface area contributed by atoms with E-state index in [9.17, 15) is 4.79 Å². The molecule has 1 saturated carbocycles. The molecule has 1 heterocycles. The largest absolute Gasteiger partial charge is 0.481 e. The molecule has 0 amide bonds. The maximum absolute atomic E-state index is 11.1. The zero-order valence-electron chi connectivity index (χ0n) is 10.7. The molecule has 100 valence electrons. The Morgan fingerprint density at radius 3 is 3.17 bits per heavy atom. The predicted molar refractivity (Wildman–Crippen MR) is 65.9 cm³/mol. The predicted octanol–water partition coefficient (Wildman–Crippen LogP) is 0.888. The van der Waals surface area contributed by atoms with Crippen molar-refractivity contribution in [1.82, 2.24) is 20.1 Å². The van der Waals surface area contributed by atoms with Crippen LogP contribution in [0.25, 0.3) is 0 Å². The van der Waals surface area contributed by atoms with E-state index >= 15 is 0 Å². The van der Waals surface area contributed by atoms with Gasteiger partial charge in [-0.05, 0) is 32.2 Å². The van der Waals surface area contributed by atoms with Gasteiger partial charge >= 0.3 is 5.97 Å². The van der Waals surface area contributed by atoms with E-state index in [-0.39, 0.29) is 11.8 Å². The highest BCUT2D eigenvalue weighted by Crippen LogP contribution is 2.31. The molecule has 2 unspecified atom stereocenters. The van der Waals surface area contributed by atoms with Crippen LogP contribution in [0.3, 0.4) is 0 Å². The first-order valence-electron chi connectivity index (χ1n) is 6.52. The van der Waals surface area contributed by atoms with Crippen LogP contribution in [0.15, 0.2) is 6.33 Å². The monoisotopic (exact) mass is 252 g/mol. The number of nitrogens with one attached hydrogen (secondary N) is 1. The zero-order chi connectivity index (χ0) is 13.0. The summed E-state index contributed by atoms with van der Waals surface area (Å²) in [5.41, 5.74) is 0. The maximum Gasteiger partial charge on any atom is 0.306 e. The van der Waals surface area contributed by atoms with E-state index in [0.29, 0.717) is 6.54 Å². The second-order valence-electron chi connectivity index (χ2n) is 4.76. The third-order valence-electron chi connectivity index (χ3n) is 3.66. The second kappa shape index (κ2) is 5.95. The van der Waals surface area contributed by atoms with E-state index in [1.165, 1.54) is 0 Å². The summed E-state index contributed by atoms with van der Waals surface area (Å²) in [7, 11) is 0. The topological polar surface area (TPSA) is 80.0 Å². The van der Waals surface area contributed by atoms with E-state index in [4.69, 9.17) is 5.11 Å². The summed E-state index contributed by atoms with van der Waals surface area (Å²) >= 11 is 0. The first kappa shape index (κ1) is 13.0. The van der Waals surface area contributed by atoms with Gasteiger partial charge in [-0.15, -0.1) is 0 Å². The summed E-state index contributed by atoms with van der Waals surface area (Å²) < 4.78 is 1.84. The third-order valence-corrected chi connectivity index (χ3v) is 3.66. The zero-order valence-corrected chi connectivity index (χ0v) is 10.7. The van der Waals surface area contributed by atoms with Gasteiger partial charge in [0, 0.05) is 6.54 Å². The number of hydrogen-bond donors (Lipinski definition) is 2. The van der Waals surface area contributed by atoms with E-state index in [1.807, 2.05) is 11.6 Å². The van der Waals surface area contributed by atoms with E-state index in [0.717, 1.165) is 38.2 Å². The highest BCUT2D eigenvalue weighted by atomic mass is 16.4. The van der Waals surface area contributed by atoms with Crippen LogP contribution in [0, 0.1) is 11.8 Å². The Balaban J connectivity index is 1.80. The number of carbonyl (C=O) groups is 1. The summed E-state index contributed by atoms with van der Waals surface area (Å²) in [6, 6.07) is 0. The molecule has 1 aliphatic rings. The molecular weight excluding hydrogens is 232 g/mol. The van der Waals surface area contributed by atoms with E-state index in [1.54, 1.807) is 6.33 Å². The third kappa shape index (κ3) is 2.87. The minimum Gasteiger partial charge on any atom is -0.481 e. The maximum atomic E-state index is 11.1. The Kier molecular flexibility index (Phi) is 4.30. The van der Waals surface area contributed by atoms with Crippen LogP contribution in [0.2, 0.25) is 0 Å². The van der Waals surface area contributed by atoms with Crippen LogP contribution < -0.4 is 5.32 Å². The summed E-state index contributed by atoms with van der Waals surface area (Å²) in [5.74, 6) is 0.320. The first-order valence-corrected chi connectivity index (χ1v) is 6.52. The van der Waals surface area contributed by atoms with Crippen LogP contribution in [0.1, 0.15) is 32.0 Å². The summed E-state index contributed by atoms with van der Waals surface area (Å²) in [5, 5.41) is 16.5. The molecule has 18 heavy (non-hydrogen) atoms. The quantitative estimate of drug-likeness (QED) is 0.786. The molecule has 1 fully saturated rings. The normalized spacial score (nSPS) is 23.4. The number of aliphatic carboxylic acids is 1. The van der Waals surface area contributed by atoms with Gasteiger partial charge in [0.05, 0.1) is 12.5 Å². The average Bonchev–Trinajstić information content (AvgIpc) is 2.97. The lowest BCUT2D eigenvalue weighted by atomic mass is 9.96. The number of aryl methyl sites for hydroxylation is 1. The number of rotatable bonds is 6. The van der Waals surface area contributed by atoms with Gasteiger partial charge in [0.2, 0.25) is 0 Å². The smallest absolute Gasteiger partial charge is 0.306 e. The van der Waals surface area contributed by atoms with Crippen LogP contribution in [-0.4, -0.2) is 32.4 Å². The minimum atomic E-state index is -0.656. The molecule has 1 aromatic rings. The van der Waals surface area contributed by atoms with Gasteiger partial charge in [-0.25, -0.2) is 9.67 Å². The molecular formula is C12H20N4O2. The second-order valence-corrected chi connectivity index (χ2v) is 4.76. The number of carboxylic acid groups (broad SMARTS) is 1. The van der Waals surface area contributed by atoms with Crippen molar-refractivity contribution in [2.75, 3.05) is 6.54 Å². The molecule has 1 aromatic heterocycles. The summed E-state index contributed by atoms with van der Waals surface area (Å²) in [6.07, 6.45) is 4.39. The molecule has 2 atom stereocenters. The van der Waals surface area contributed by atoms with Crippen LogP contribution in [0.5, 0.6) is 0 Å². The van der Waals surface area contributed by atoms with Gasteiger partial charge in [-0.2, -0.15) is 5.10 Å². The van der Waals surface area contributed by atoms with Crippen molar-refractivity contribution >= 4 is 5.97 Å². The molecule has 0 radical (unpaired) electrons. The Bertz CT molecular complexity index is 405. The van der Waals surface area contributed by atoms with E-state index < -0.39 is 5.97 Å². The van der Waals surface area contributed by atoms with Crippen molar-refractivity contribution < 1.29 is 9.90 Å². The number of nitrogens with zero attached hydrogens (tertiary/aromatic N) is 3. The number of carboxylic acids is 1. The highest BCUT2D eigenvalue weighted by Gasteiger charge is 2.32. The summed E-state index contributed by atoms with van der Waals surface area (Å²) in [6.45, 7) is 4.22. The van der Waals surface area contributed by atoms with Gasteiger partial charge in [-0.1, -0.05) is 6.42 Å². The minimum absolute atomic E-state index is 0.179. The lowest BCUT2D eigenvalue weighted by molar-refractivity contribution is -0.142. The standard InChI is InChI=1S/C12H20N4O2/c1-2-16-11(14-8-15-16)7-13-6-9-4-3-5-10(9)12(17)18/h8-10,13H,2-7H2,1H3,(H,17,18). The number of hydrogen-bond acceptors (Lipinski definition) is 4. The molecule has 2 rings (SSSR count). The van der Waals surface area contributed by atoms with Crippen molar-refractivity contribution in [1.29, 1.82) is 0 Å². The van der Waals surface area contributed by atoms with Crippen molar-refractivity contribution in [2.24, 2.45) is 11.8 Å². The van der Waals surface area contributed by atoms with Crippen LogP contribution in [0.4, 0.5) is 0 Å². The van der Waals surface area contributed by atoms with Gasteiger partial charge in [0.1, 0.15) is 12.2 Å². The van der Waals surface area contributed by atoms with Crippen molar-refractivity contribution in [3.8, 4) is 0 Å². The Hall–Kier alpha value is -1.43. The van der Waals surface area contributed by atoms with E-state index in [2.05, 4.69) is 15.4 Å². The lowest BCUT2D eigenvalue weighted by Gasteiger charge is -2.16. The molecule has 6 heteroatoms. The summed E-state index contributed by atoms with van der Waals surface area (Å²) in [4.78, 5) is 15.2. The fraction of sp³-hybridized carbons (Fsp3) is 0.750. The Labute approximate surface area is 106 Å². The average molecular weight is 252 g/mol. The molecule has 6 nitrogen and oxygen atoms in total. The Morgan fingerprint density at radius 2 is 2.44 bits per heavy atom. The first-order chi connectivity index (χ1) is 8.72. The van der Waals surface area contributed by atoms with Gasteiger partial charge in [-0.3, -0.25) is 4.79 Å². The lowest BCUT2D eigenvalue weighted by Crippen LogP contribution is -2.29.